The summed E-state index contributed by atoms with van der Waals surface area (Å²) in [5.41, 5.74) is 2.61. The number of rotatable bonds is 9. The predicted octanol–water partition coefficient (Wildman–Crippen LogP) is 4.87. The third kappa shape index (κ3) is 6.59. The Hall–Kier alpha value is -2.95. The van der Waals surface area contributed by atoms with Gasteiger partial charge in [-0.15, -0.1) is 5.11 Å². The smallest absolute Gasteiger partial charge is 0.243 e. The topological polar surface area (TPSA) is 63.0 Å². The third-order valence-corrected chi connectivity index (χ3v) is 3.46. The summed E-state index contributed by atoms with van der Waals surface area (Å²) in [5.74, 6) is 0.559. The molecule has 0 heterocycles. The number of azo groups is 1. The number of carbonyl (C=O) groups excluding carboxylic acids is 1. The van der Waals surface area contributed by atoms with Gasteiger partial charge in [0.1, 0.15) is 11.4 Å². The molecule has 0 saturated carbocycles. The van der Waals surface area contributed by atoms with Gasteiger partial charge in [-0.25, -0.2) is 0 Å². The SMILES string of the molecule is C=CC(=O)NCCCCOc1ccc(C)cc1N=Nc1ccccc1. The maximum Gasteiger partial charge on any atom is 0.243 e. The fourth-order valence-electron chi connectivity index (χ4n) is 2.13. The summed E-state index contributed by atoms with van der Waals surface area (Å²) in [6.45, 7) is 6.59. The van der Waals surface area contributed by atoms with Crippen molar-refractivity contribution < 1.29 is 9.53 Å². The van der Waals surface area contributed by atoms with E-state index in [2.05, 4.69) is 22.1 Å². The number of carbonyl (C=O) groups is 1. The minimum atomic E-state index is -0.150. The van der Waals surface area contributed by atoms with E-state index in [-0.39, 0.29) is 5.91 Å². The molecule has 5 nitrogen and oxygen atoms in total. The normalized spacial score (nSPS) is 10.6. The molecule has 130 valence electrons. The van der Waals surface area contributed by atoms with Crippen LogP contribution in [-0.4, -0.2) is 19.1 Å². The number of ether oxygens (including phenoxy) is 1. The molecule has 0 bridgehead atoms. The zero-order valence-electron chi connectivity index (χ0n) is 14.4. The van der Waals surface area contributed by atoms with E-state index in [4.69, 9.17) is 4.74 Å². The summed E-state index contributed by atoms with van der Waals surface area (Å²) in [5, 5.41) is 11.3. The average Bonchev–Trinajstić information content (AvgIpc) is 2.64. The van der Waals surface area contributed by atoms with E-state index in [1.807, 2.05) is 55.5 Å². The molecule has 2 aromatic carbocycles. The van der Waals surface area contributed by atoms with Gasteiger partial charge in [-0.3, -0.25) is 4.79 Å². The lowest BCUT2D eigenvalue weighted by molar-refractivity contribution is -0.116. The number of nitrogens with zero attached hydrogens (tertiary/aromatic N) is 2. The van der Waals surface area contributed by atoms with Gasteiger partial charge >= 0.3 is 0 Å². The minimum Gasteiger partial charge on any atom is -0.491 e. The molecule has 0 aliphatic carbocycles. The highest BCUT2D eigenvalue weighted by Gasteiger charge is 2.04. The molecule has 0 aliphatic rings. The van der Waals surface area contributed by atoms with Crippen LogP contribution in [0.15, 0.2) is 71.4 Å². The van der Waals surface area contributed by atoms with E-state index in [0.717, 1.165) is 24.1 Å². The van der Waals surface area contributed by atoms with Gasteiger partial charge < -0.3 is 10.1 Å². The molecule has 0 aliphatic heterocycles. The Labute approximate surface area is 148 Å². The minimum absolute atomic E-state index is 0.150. The highest BCUT2D eigenvalue weighted by molar-refractivity contribution is 5.86. The highest BCUT2D eigenvalue weighted by atomic mass is 16.5. The Bertz CT molecular complexity index is 727. The van der Waals surface area contributed by atoms with E-state index in [9.17, 15) is 4.79 Å². The maximum absolute atomic E-state index is 11.0. The van der Waals surface area contributed by atoms with Crippen molar-refractivity contribution in [2.75, 3.05) is 13.2 Å². The fraction of sp³-hybridized carbons (Fsp3) is 0.250. The van der Waals surface area contributed by atoms with Crippen molar-refractivity contribution in [3.05, 3.63) is 66.7 Å². The predicted molar refractivity (Wildman–Crippen MR) is 99.7 cm³/mol. The summed E-state index contributed by atoms with van der Waals surface area (Å²) in [4.78, 5) is 11.0. The molecule has 25 heavy (non-hydrogen) atoms. The van der Waals surface area contributed by atoms with Crippen LogP contribution in [0.5, 0.6) is 5.75 Å². The Morgan fingerprint density at radius 1 is 1.16 bits per heavy atom. The maximum atomic E-state index is 11.0. The van der Waals surface area contributed by atoms with E-state index in [0.29, 0.717) is 24.6 Å². The summed E-state index contributed by atoms with van der Waals surface area (Å²) in [6, 6.07) is 15.4. The number of nitrogens with one attached hydrogen (secondary N) is 1. The zero-order valence-corrected chi connectivity index (χ0v) is 14.4. The molecule has 1 amide bonds. The summed E-state index contributed by atoms with van der Waals surface area (Å²) in [7, 11) is 0. The summed E-state index contributed by atoms with van der Waals surface area (Å²) >= 11 is 0. The van der Waals surface area contributed by atoms with Crippen LogP contribution in [0.1, 0.15) is 18.4 Å². The molecule has 0 fully saturated rings. The van der Waals surface area contributed by atoms with Gasteiger partial charge in [0.15, 0.2) is 0 Å². The van der Waals surface area contributed by atoms with Crippen molar-refractivity contribution >= 4 is 17.3 Å². The van der Waals surface area contributed by atoms with Gasteiger partial charge in [0.25, 0.3) is 0 Å². The Balaban J connectivity index is 1.89. The van der Waals surface area contributed by atoms with Crippen LogP contribution in [0.3, 0.4) is 0 Å². The van der Waals surface area contributed by atoms with Gasteiger partial charge in [-0.2, -0.15) is 5.11 Å². The van der Waals surface area contributed by atoms with Gasteiger partial charge in [-0.1, -0.05) is 30.8 Å². The molecule has 0 aromatic heterocycles. The molecular weight excluding hydrogens is 314 g/mol. The standard InChI is InChI=1S/C20H23N3O2/c1-3-20(24)21-13-7-8-14-25-19-12-11-16(2)15-18(19)23-22-17-9-5-4-6-10-17/h3-6,9-12,15H,1,7-8,13-14H2,2H3,(H,21,24). The molecule has 5 heteroatoms. The molecule has 0 radical (unpaired) electrons. The molecule has 0 unspecified atom stereocenters. The quantitative estimate of drug-likeness (QED) is 0.403. The molecule has 0 saturated heterocycles. The Kier molecular flexibility index (Phi) is 7.38. The second-order valence-corrected chi connectivity index (χ2v) is 5.56. The van der Waals surface area contributed by atoms with Crippen molar-refractivity contribution in [1.29, 1.82) is 0 Å². The average molecular weight is 337 g/mol. The fourth-order valence-corrected chi connectivity index (χ4v) is 2.13. The van der Waals surface area contributed by atoms with Crippen LogP contribution in [-0.2, 0) is 4.79 Å². The largest absolute Gasteiger partial charge is 0.491 e. The van der Waals surface area contributed by atoms with Crippen molar-refractivity contribution in [3.8, 4) is 5.75 Å². The first-order chi connectivity index (χ1) is 12.2. The second-order valence-electron chi connectivity index (χ2n) is 5.56. The molecule has 0 spiro atoms. The van der Waals surface area contributed by atoms with Crippen LogP contribution in [0, 0.1) is 6.92 Å². The van der Waals surface area contributed by atoms with Crippen LogP contribution < -0.4 is 10.1 Å². The van der Waals surface area contributed by atoms with E-state index in [1.54, 1.807) is 0 Å². The number of benzene rings is 2. The number of amides is 1. The van der Waals surface area contributed by atoms with Crippen LogP contribution >= 0.6 is 0 Å². The first-order valence-corrected chi connectivity index (χ1v) is 8.29. The lowest BCUT2D eigenvalue weighted by Gasteiger charge is -2.09. The molecule has 0 atom stereocenters. The van der Waals surface area contributed by atoms with E-state index < -0.39 is 0 Å². The van der Waals surface area contributed by atoms with Gasteiger partial charge in [0, 0.05) is 6.54 Å². The van der Waals surface area contributed by atoms with Gasteiger partial charge in [0.05, 0.1) is 12.3 Å². The highest BCUT2D eigenvalue weighted by Crippen LogP contribution is 2.30. The van der Waals surface area contributed by atoms with Crippen molar-refractivity contribution in [3.63, 3.8) is 0 Å². The number of aryl methyl sites for hydroxylation is 1. The molecule has 2 rings (SSSR count). The number of unbranched alkanes of at least 4 members (excludes halogenated alkanes) is 1. The van der Waals surface area contributed by atoms with E-state index >= 15 is 0 Å². The number of hydrogen-bond donors (Lipinski definition) is 1. The first-order valence-electron chi connectivity index (χ1n) is 8.29. The summed E-state index contributed by atoms with van der Waals surface area (Å²) < 4.78 is 5.83. The lowest BCUT2D eigenvalue weighted by Crippen LogP contribution is -2.22. The van der Waals surface area contributed by atoms with E-state index in [1.165, 1.54) is 6.08 Å². The third-order valence-electron chi connectivity index (χ3n) is 3.46. The molecular formula is C20H23N3O2. The van der Waals surface area contributed by atoms with Crippen molar-refractivity contribution in [2.24, 2.45) is 10.2 Å². The monoisotopic (exact) mass is 337 g/mol. The molecule has 1 N–H and O–H groups in total. The lowest BCUT2D eigenvalue weighted by atomic mass is 10.2. The van der Waals surface area contributed by atoms with Crippen molar-refractivity contribution in [2.45, 2.75) is 19.8 Å². The van der Waals surface area contributed by atoms with Crippen LogP contribution in [0.4, 0.5) is 11.4 Å². The second kappa shape index (κ2) is 10.0. The van der Waals surface area contributed by atoms with Gasteiger partial charge in [0.2, 0.25) is 5.91 Å². The Morgan fingerprint density at radius 3 is 2.72 bits per heavy atom. The number of hydrogen-bond acceptors (Lipinski definition) is 4. The first kappa shape index (κ1) is 18.4. The van der Waals surface area contributed by atoms with Gasteiger partial charge in [-0.05, 0) is 55.7 Å². The Morgan fingerprint density at radius 2 is 1.96 bits per heavy atom. The summed E-state index contributed by atoms with van der Waals surface area (Å²) in [6.07, 6.45) is 2.94. The van der Waals surface area contributed by atoms with Crippen LogP contribution in [0.2, 0.25) is 0 Å². The van der Waals surface area contributed by atoms with Crippen LogP contribution in [0.25, 0.3) is 0 Å². The van der Waals surface area contributed by atoms with Crippen molar-refractivity contribution in [1.82, 2.24) is 5.32 Å². The zero-order chi connectivity index (χ0) is 17.9. The molecule has 2 aromatic rings.